The van der Waals surface area contributed by atoms with E-state index < -0.39 is 0 Å². The van der Waals surface area contributed by atoms with Crippen LogP contribution in [0.2, 0.25) is 0 Å². The van der Waals surface area contributed by atoms with E-state index in [9.17, 15) is 5.11 Å². The molecule has 3 nitrogen and oxygen atoms in total. The molecule has 0 aliphatic rings. The Morgan fingerprint density at radius 3 is 2.31 bits per heavy atom. The molecule has 0 unspecified atom stereocenters. The lowest BCUT2D eigenvalue weighted by atomic mass is 10.2. The molecular formula is C13H12N2O. The third kappa shape index (κ3) is 2.25. The molecule has 2 rings (SSSR count). The van der Waals surface area contributed by atoms with Gasteiger partial charge in [-0.3, -0.25) is 0 Å². The van der Waals surface area contributed by atoms with Crippen molar-refractivity contribution in [1.82, 2.24) is 0 Å². The Labute approximate surface area is 94.1 Å². The molecule has 2 aromatic rings. The average molecular weight is 212 g/mol. The van der Waals surface area contributed by atoms with Gasteiger partial charge in [-0.05, 0) is 30.7 Å². The zero-order valence-electron chi connectivity index (χ0n) is 8.96. The number of aromatic hydroxyl groups is 1. The average Bonchev–Trinajstić information content (AvgIpc) is 2.30. The Balaban J connectivity index is 2.31. The smallest absolute Gasteiger partial charge is 0.143 e. The van der Waals surface area contributed by atoms with Gasteiger partial charge >= 0.3 is 0 Å². The number of phenolic OH excluding ortho intramolecular Hbond substituents is 1. The number of azo groups is 1. The van der Waals surface area contributed by atoms with Crippen molar-refractivity contribution in [2.75, 3.05) is 0 Å². The molecule has 1 N–H and O–H groups in total. The molecule has 0 bridgehead atoms. The van der Waals surface area contributed by atoms with Crippen LogP contribution in [0.4, 0.5) is 11.4 Å². The molecule has 0 radical (unpaired) electrons. The van der Waals surface area contributed by atoms with Crippen molar-refractivity contribution in [3.63, 3.8) is 0 Å². The lowest BCUT2D eigenvalue weighted by Crippen LogP contribution is -1.74. The van der Waals surface area contributed by atoms with Gasteiger partial charge in [0.2, 0.25) is 0 Å². The molecule has 0 aliphatic carbocycles. The predicted molar refractivity (Wildman–Crippen MR) is 63.5 cm³/mol. The van der Waals surface area contributed by atoms with Crippen molar-refractivity contribution in [2.45, 2.75) is 6.92 Å². The van der Waals surface area contributed by atoms with Gasteiger partial charge in [-0.25, -0.2) is 0 Å². The molecule has 2 aromatic carbocycles. The van der Waals surface area contributed by atoms with Crippen LogP contribution >= 0.6 is 0 Å². The molecule has 0 aromatic heterocycles. The molecule has 16 heavy (non-hydrogen) atoms. The second-order valence-electron chi connectivity index (χ2n) is 3.48. The second kappa shape index (κ2) is 4.57. The number of hydrogen-bond acceptors (Lipinski definition) is 3. The third-order valence-electron chi connectivity index (χ3n) is 2.24. The molecule has 0 aliphatic heterocycles. The molecular weight excluding hydrogens is 200 g/mol. The first kappa shape index (κ1) is 10.4. The Hall–Kier alpha value is -2.16. The lowest BCUT2D eigenvalue weighted by molar-refractivity contribution is 0.476. The van der Waals surface area contributed by atoms with Crippen LogP contribution in [0, 0.1) is 6.92 Å². The molecule has 0 fully saturated rings. The largest absolute Gasteiger partial charge is 0.506 e. The van der Waals surface area contributed by atoms with Crippen LogP contribution < -0.4 is 0 Å². The summed E-state index contributed by atoms with van der Waals surface area (Å²) in [5, 5.41) is 17.7. The van der Waals surface area contributed by atoms with Crippen molar-refractivity contribution in [3.8, 4) is 5.75 Å². The van der Waals surface area contributed by atoms with Crippen molar-refractivity contribution >= 4 is 11.4 Å². The summed E-state index contributed by atoms with van der Waals surface area (Å²) in [5.41, 5.74) is 2.19. The minimum atomic E-state index is 0.152. The van der Waals surface area contributed by atoms with Gasteiger partial charge in [-0.2, -0.15) is 5.11 Å². The first-order chi connectivity index (χ1) is 7.77. The number of benzene rings is 2. The van der Waals surface area contributed by atoms with Gasteiger partial charge in [0.1, 0.15) is 11.4 Å². The second-order valence-corrected chi connectivity index (χ2v) is 3.48. The number of rotatable bonds is 2. The van der Waals surface area contributed by atoms with Crippen LogP contribution in [0.5, 0.6) is 5.75 Å². The first-order valence-corrected chi connectivity index (χ1v) is 5.03. The van der Waals surface area contributed by atoms with Gasteiger partial charge in [-0.1, -0.05) is 30.3 Å². The topological polar surface area (TPSA) is 45.0 Å². The summed E-state index contributed by atoms with van der Waals surface area (Å²) in [6.07, 6.45) is 0. The molecule has 0 spiro atoms. The molecule has 0 saturated carbocycles. The van der Waals surface area contributed by atoms with E-state index in [0.29, 0.717) is 5.69 Å². The number of phenols is 1. The maximum atomic E-state index is 9.62. The Kier molecular flexibility index (Phi) is 2.96. The van der Waals surface area contributed by atoms with Crippen LogP contribution in [0.25, 0.3) is 0 Å². The zero-order valence-corrected chi connectivity index (χ0v) is 8.96. The van der Waals surface area contributed by atoms with Crippen LogP contribution in [-0.2, 0) is 0 Å². The lowest BCUT2D eigenvalue weighted by Gasteiger charge is -2.00. The predicted octanol–water partition coefficient (Wildman–Crippen LogP) is 4.12. The highest BCUT2D eigenvalue weighted by molar-refractivity contribution is 5.56. The minimum Gasteiger partial charge on any atom is -0.506 e. The quantitative estimate of drug-likeness (QED) is 0.748. The fourth-order valence-corrected chi connectivity index (χ4v) is 1.38. The third-order valence-corrected chi connectivity index (χ3v) is 2.24. The van der Waals surface area contributed by atoms with Gasteiger partial charge in [-0.15, -0.1) is 5.11 Å². The molecule has 0 atom stereocenters. The maximum absolute atomic E-state index is 9.62. The van der Waals surface area contributed by atoms with E-state index in [1.54, 1.807) is 12.1 Å². The van der Waals surface area contributed by atoms with Crippen molar-refractivity contribution in [1.29, 1.82) is 0 Å². The Morgan fingerprint density at radius 1 is 0.875 bits per heavy atom. The van der Waals surface area contributed by atoms with Gasteiger partial charge < -0.3 is 5.11 Å². The molecule has 0 amide bonds. The summed E-state index contributed by atoms with van der Waals surface area (Å²) in [7, 11) is 0. The maximum Gasteiger partial charge on any atom is 0.143 e. The standard InChI is InChI=1S/C13H12N2O/c1-10-6-5-9-12(16)13(10)15-14-11-7-3-2-4-8-11/h2-9,16H,1H3. The monoisotopic (exact) mass is 212 g/mol. The Bertz CT molecular complexity index is 486. The van der Waals surface area contributed by atoms with Crippen molar-refractivity contribution < 1.29 is 5.11 Å². The van der Waals surface area contributed by atoms with Crippen molar-refractivity contribution in [3.05, 3.63) is 54.1 Å². The van der Waals surface area contributed by atoms with E-state index in [-0.39, 0.29) is 5.75 Å². The Morgan fingerprint density at radius 2 is 1.62 bits per heavy atom. The SMILES string of the molecule is Cc1cccc(O)c1N=Nc1ccccc1. The summed E-state index contributed by atoms with van der Waals surface area (Å²) in [6.45, 7) is 1.89. The summed E-state index contributed by atoms with van der Waals surface area (Å²) < 4.78 is 0. The number of aryl methyl sites for hydroxylation is 1. The van der Waals surface area contributed by atoms with Crippen LogP contribution in [-0.4, -0.2) is 5.11 Å². The highest BCUT2D eigenvalue weighted by atomic mass is 16.3. The van der Waals surface area contributed by atoms with E-state index in [2.05, 4.69) is 10.2 Å². The van der Waals surface area contributed by atoms with Crippen LogP contribution in [0.1, 0.15) is 5.56 Å². The van der Waals surface area contributed by atoms with E-state index in [0.717, 1.165) is 11.3 Å². The summed E-state index contributed by atoms with van der Waals surface area (Å²) in [6, 6.07) is 14.7. The summed E-state index contributed by atoms with van der Waals surface area (Å²) >= 11 is 0. The molecule has 3 heteroatoms. The fourth-order valence-electron chi connectivity index (χ4n) is 1.38. The molecule has 0 saturated heterocycles. The first-order valence-electron chi connectivity index (χ1n) is 5.03. The van der Waals surface area contributed by atoms with E-state index in [1.165, 1.54) is 0 Å². The van der Waals surface area contributed by atoms with E-state index in [1.807, 2.05) is 43.3 Å². The van der Waals surface area contributed by atoms with Crippen LogP contribution in [0.3, 0.4) is 0 Å². The number of nitrogens with zero attached hydrogens (tertiary/aromatic N) is 2. The highest BCUT2D eigenvalue weighted by Crippen LogP contribution is 2.30. The van der Waals surface area contributed by atoms with E-state index >= 15 is 0 Å². The van der Waals surface area contributed by atoms with Gasteiger partial charge in [0.15, 0.2) is 0 Å². The highest BCUT2D eigenvalue weighted by Gasteiger charge is 2.01. The normalized spacial score (nSPS) is 10.8. The molecule has 0 heterocycles. The van der Waals surface area contributed by atoms with Crippen molar-refractivity contribution in [2.24, 2.45) is 10.2 Å². The number of hydrogen-bond donors (Lipinski definition) is 1. The van der Waals surface area contributed by atoms with Gasteiger partial charge in [0.05, 0.1) is 5.69 Å². The minimum absolute atomic E-state index is 0.152. The summed E-state index contributed by atoms with van der Waals surface area (Å²) in [4.78, 5) is 0. The zero-order chi connectivity index (χ0) is 11.4. The molecule has 80 valence electrons. The van der Waals surface area contributed by atoms with E-state index in [4.69, 9.17) is 0 Å². The fraction of sp³-hybridized carbons (Fsp3) is 0.0769. The summed E-state index contributed by atoms with van der Waals surface area (Å²) in [5.74, 6) is 0.152. The van der Waals surface area contributed by atoms with Gasteiger partial charge in [0.25, 0.3) is 0 Å². The van der Waals surface area contributed by atoms with Crippen LogP contribution in [0.15, 0.2) is 58.8 Å². The van der Waals surface area contributed by atoms with Gasteiger partial charge in [0, 0.05) is 0 Å².